The molecule has 10 nitrogen and oxygen atoms in total. The zero-order chi connectivity index (χ0) is 19.4. The Morgan fingerprint density at radius 1 is 1.30 bits per heavy atom. The number of nitrogens with two attached hydrogens (primary N) is 1. The zero-order valence-corrected chi connectivity index (χ0v) is 14.8. The molecule has 1 amide bonds. The summed E-state index contributed by atoms with van der Waals surface area (Å²) in [6.07, 6.45) is 2.94. The van der Waals surface area contributed by atoms with Crippen LogP contribution in [0.25, 0.3) is 0 Å². The first kappa shape index (κ1) is 19.2. The van der Waals surface area contributed by atoms with Crippen molar-refractivity contribution in [3.8, 4) is 0 Å². The second-order valence-corrected chi connectivity index (χ2v) is 6.91. The number of halogens is 1. The molecule has 11 heteroatoms. The van der Waals surface area contributed by atoms with Crippen LogP contribution in [0, 0.1) is 16.0 Å². The number of primary amides is 1. The average Bonchev–Trinajstić information content (AvgIpc) is 2.64. The lowest BCUT2D eigenvalue weighted by molar-refractivity contribution is -0.384. The van der Waals surface area contributed by atoms with Gasteiger partial charge in [0.15, 0.2) is 0 Å². The van der Waals surface area contributed by atoms with E-state index in [2.05, 4.69) is 20.6 Å². The van der Waals surface area contributed by atoms with Crippen molar-refractivity contribution in [2.24, 2.45) is 11.7 Å². The van der Waals surface area contributed by atoms with Crippen LogP contribution in [0.2, 0.25) is 0 Å². The molecule has 2 fully saturated rings. The van der Waals surface area contributed by atoms with E-state index < -0.39 is 17.1 Å². The number of hydrogen-bond acceptors (Lipinski definition) is 8. The molecule has 0 spiro atoms. The Kier molecular flexibility index (Phi) is 5.99. The molecule has 4 N–H and O–H groups in total. The Hall–Kier alpha value is -2.56. The van der Waals surface area contributed by atoms with Gasteiger partial charge < -0.3 is 21.1 Å². The Morgan fingerprint density at radius 2 is 2.04 bits per heavy atom. The molecule has 3 rings (SSSR count). The summed E-state index contributed by atoms with van der Waals surface area (Å²) in [5.41, 5.74) is 5.08. The molecule has 0 radical (unpaired) electrons. The Morgan fingerprint density at radius 3 is 2.67 bits per heavy atom. The molecule has 2 aliphatic rings. The number of nitro groups is 1. The molecular weight excluding hydrogens is 359 g/mol. The van der Waals surface area contributed by atoms with Gasteiger partial charge in [0, 0.05) is 18.6 Å². The molecule has 1 saturated heterocycles. The Labute approximate surface area is 155 Å². The van der Waals surface area contributed by atoms with E-state index in [1.165, 1.54) is 0 Å². The van der Waals surface area contributed by atoms with Crippen molar-refractivity contribution in [3.63, 3.8) is 0 Å². The summed E-state index contributed by atoms with van der Waals surface area (Å²) in [6.45, 7) is 0.429. The summed E-state index contributed by atoms with van der Waals surface area (Å²) in [5, 5.41) is 17.3. The number of ether oxygens (including phenoxy) is 1. The van der Waals surface area contributed by atoms with Crippen LogP contribution in [-0.4, -0.2) is 52.3 Å². The van der Waals surface area contributed by atoms with E-state index in [-0.39, 0.29) is 41.9 Å². The van der Waals surface area contributed by atoms with Gasteiger partial charge in [0.25, 0.3) is 0 Å². The maximum atomic E-state index is 13.9. The smallest absolute Gasteiger partial charge is 0.329 e. The third-order valence-electron chi connectivity index (χ3n) is 5.04. The van der Waals surface area contributed by atoms with Gasteiger partial charge in [0.1, 0.15) is 12.4 Å². The molecule has 0 bridgehead atoms. The first-order valence-corrected chi connectivity index (χ1v) is 8.99. The van der Waals surface area contributed by atoms with Gasteiger partial charge in [-0.2, -0.15) is 4.98 Å². The van der Waals surface area contributed by atoms with E-state index >= 15 is 0 Å². The number of hydrogen-bond donors (Lipinski definition) is 3. The minimum absolute atomic E-state index is 0.00113. The van der Waals surface area contributed by atoms with Gasteiger partial charge in [-0.15, -0.1) is 0 Å². The highest BCUT2D eigenvalue weighted by molar-refractivity contribution is 5.76. The van der Waals surface area contributed by atoms with Crippen molar-refractivity contribution >= 4 is 23.4 Å². The lowest BCUT2D eigenvalue weighted by Crippen LogP contribution is -2.39. The van der Waals surface area contributed by atoms with Crippen molar-refractivity contribution in [1.29, 1.82) is 0 Å². The summed E-state index contributed by atoms with van der Waals surface area (Å²) >= 11 is 0. The molecule has 1 aliphatic carbocycles. The van der Waals surface area contributed by atoms with Gasteiger partial charge >= 0.3 is 5.69 Å². The largest absolute Gasteiger partial charge is 0.378 e. The summed E-state index contributed by atoms with van der Waals surface area (Å²) in [5.74, 6) is -0.258. The summed E-state index contributed by atoms with van der Waals surface area (Å²) < 4.78 is 19.0. The third-order valence-corrected chi connectivity index (χ3v) is 5.04. The standard InChI is InChI=1S/C16H23FN6O4/c17-11-8-27-6-5-12(11)21-16-19-7-13(23(25)26)15(22-16)20-10-3-1-9(2-4-10)14(18)24/h7,9-12H,1-6,8H2,(H2,18,24)(H2,19,20,21,22)/t9?,10?,11-,12+/m1/s1. The number of aromatic nitrogens is 2. The monoisotopic (exact) mass is 382 g/mol. The van der Waals surface area contributed by atoms with E-state index in [4.69, 9.17) is 10.5 Å². The molecule has 148 valence electrons. The van der Waals surface area contributed by atoms with Crippen LogP contribution in [0.3, 0.4) is 0 Å². The number of anilines is 2. The van der Waals surface area contributed by atoms with E-state index in [0.717, 1.165) is 6.20 Å². The van der Waals surface area contributed by atoms with Crippen molar-refractivity contribution in [1.82, 2.24) is 9.97 Å². The van der Waals surface area contributed by atoms with E-state index in [9.17, 15) is 19.3 Å². The highest BCUT2D eigenvalue weighted by atomic mass is 19.1. The summed E-state index contributed by atoms with van der Waals surface area (Å²) in [4.78, 5) is 30.1. The van der Waals surface area contributed by atoms with Gasteiger partial charge in [-0.3, -0.25) is 14.9 Å². The quantitative estimate of drug-likeness (QED) is 0.494. The molecular formula is C16H23FN6O4. The number of nitrogens with zero attached hydrogens (tertiary/aromatic N) is 3. The fourth-order valence-electron chi connectivity index (χ4n) is 3.43. The van der Waals surface area contributed by atoms with Crippen LogP contribution in [0.4, 0.5) is 21.8 Å². The number of alkyl halides is 1. The van der Waals surface area contributed by atoms with Gasteiger partial charge in [-0.1, -0.05) is 0 Å². The predicted molar refractivity (Wildman–Crippen MR) is 95.0 cm³/mol. The van der Waals surface area contributed by atoms with Gasteiger partial charge in [-0.05, 0) is 32.1 Å². The first-order chi connectivity index (χ1) is 12.9. The summed E-state index contributed by atoms with van der Waals surface area (Å²) in [7, 11) is 0. The maximum Gasteiger partial charge on any atom is 0.329 e. The summed E-state index contributed by atoms with van der Waals surface area (Å²) in [6, 6.07) is -0.557. The van der Waals surface area contributed by atoms with Gasteiger partial charge in [-0.25, -0.2) is 9.37 Å². The normalized spacial score (nSPS) is 28.3. The van der Waals surface area contributed by atoms with Crippen molar-refractivity contribution < 1.29 is 18.8 Å². The number of amides is 1. The second kappa shape index (κ2) is 8.42. The highest BCUT2D eigenvalue weighted by Crippen LogP contribution is 2.29. The Balaban J connectivity index is 1.70. The predicted octanol–water partition coefficient (Wildman–Crippen LogP) is 1.38. The fraction of sp³-hybridized carbons (Fsp3) is 0.688. The molecule has 1 saturated carbocycles. The SMILES string of the molecule is NC(=O)C1CCC(Nc2nc(N[C@H]3CCOC[C@H]3F)ncc2[N+](=O)[O-])CC1. The molecule has 2 heterocycles. The molecule has 1 aromatic rings. The number of carbonyl (C=O) groups excluding carboxylic acids is 1. The van der Waals surface area contributed by atoms with E-state index in [1.54, 1.807) is 0 Å². The minimum atomic E-state index is -1.20. The maximum absolute atomic E-state index is 13.9. The fourth-order valence-corrected chi connectivity index (χ4v) is 3.43. The lowest BCUT2D eigenvalue weighted by Gasteiger charge is -2.28. The molecule has 1 aliphatic heterocycles. The van der Waals surface area contributed by atoms with Crippen LogP contribution in [0.1, 0.15) is 32.1 Å². The molecule has 27 heavy (non-hydrogen) atoms. The zero-order valence-electron chi connectivity index (χ0n) is 14.8. The van der Waals surface area contributed by atoms with Crippen LogP contribution in [0.15, 0.2) is 6.20 Å². The van der Waals surface area contributed by atoms with E-state index in [1.807, 2.05) is 0 Å². The molecule has 2 atom stereocenters. The van der Waals surface area contributed by atoms with Crippen LogP contribution < -0.4 is 16.4 Å². The molecule has 0 unspecified atom stereocenters. The lowest BCUT2D eigenvalue weighted by atomic mass is 9.85. The van der Waals surface area contributed by atoms with Gasteiger partial charge in [0.05, 0.1) is 17.6 Å². The van der Waals surface area contributed by atoms with Crippen molar-refractivity contribution in [3.05, 3.63) is 16.3 Å². The topological polar surface area (TPSA) is 145 Å². The third kappa shape index (κ3) is 4.79. The van der Waals surface area contributed by atoms with Gasteiger partial charge in [0.2, 0.25) is 17.7 Å². The van der Waals surface area contributed by atoms with Crippen LogP contribution >= 0.6 is 0 Å². The molecule has 0 aromatic carbocycles. The van der Waals surface area contributed by atoms with Crippen molar-refractivity contribution in [2.45, 2.75) is 50.4 Å². The van der Waals surface area contributed by atoms with Crippen LogP contribution in [-0.2, 0) is 9.53 Å². The second-order valence-electron chi connectivity index (χ2n) is 6.91. The molecule has 1 aromatic heterocycles. The first-order valence-electron chi connectivity index (χ1n) is 8.99. The number of carbonyl (C=O) groups is 1. The number of nitrogens with one attached hydrogen (secondary N) is 2. The minimum Gasteiger partial charge on any atom is -0.378 e. The number of rotatable bonds is 6. The highest BCUT2D eigenvalue weighted by Gasteiger charge is 2.29. The van der Waals surface area contributed by atoms with E-state index in [0.29, 0.717) is 38.7 Å². The average molecular weight is 382 g/mol. The van der Waals surface area contributed by atoms with Crippen LogP contribution in [0.5, 0.6) is 0 Å². The van der Waals surface area contributed by atoms with Crippen molar-refractivity contribution in [2.75, 3.05) is 23.8 Å². The Bertz CT molecular complexity index is 697.